The summed E-state index contributed by atoms with van der Waals surface area (Å²) in [6.45, 7) is 3.94. The van der Waals surface area contributed by atoms with Gasteiger partial charge in [-0.25, -0.2) is 0 Å². The second kappa shape index (κ2) is 10.1. The van der Waals surface area contributed by atoms with Gasteiger partial charge in [0.1, 0.15) is 5.75 Å². The van der Waals surface area contributed by atoms with E-state index in [1.807, 2.05) is 13.0 Å². The van der Waals surface area contributed by atoms with Crippen molar-refractivity contribution in [3.63, 3.8) is 0 Å². The van der Waals surface area contributed by atoms with Gasteiger partial charge in [-0.05, 0) is 38.1 Å². The number of hydrogen-bond donors (Lipinski definition) is 1. The molecule has 2 aromatic rings. The quantitative estimate of drug-likeness (QED) is 0.539. The van der Waals surface area contributed by atoms with Gasteiger partial charge in [0.2, 0.25) is 0 Å². The van der Waals surface area contributed by atoms with Crippen LogP contribution < -0.4 is 10.1 Å². The third-order valence-electron chi connectivity index (χ3n) is 3.76. The molecule has 0 aromatic heterocycles. The van der Waals surface area contributed by atoms with Crippen LogP contribution in [0.2, 0.25) is 0 Å². The van der Waals surface area contributed by atoms with Crippen LogP contribution in [-0.4, -0.2) is 30.4 Å². The van der Waals surface area contributed by atoms with Crippen LogP contribution in [0.3, 0.4) is 0 Å². The summed E-state index contributed by atoms with van der Waals surface area (Å²) in [5.41, 5.74) is 1.12. The van der Waals surface area contributed by atoms with Crippen LogP contribution in [0, 0.1) is 0 Å². The van der Waals surface area contributed by atoms with E-state index >= 15 is 0 Å². The molecule has 0 aliphatic rings. The largest absolute Gasteiger partial charge is 0.494 e. The molecular formula is C21H23NO5. The summed E-state index contributed by atoms with van der Waals surface area (Å²) in [5.74, 6) is -0.465. The lowest BCUT2D eigenvalue weighted by atomic mass is 10.1. The van der Waals surface area contributed by atoms with Crippen molar-refractivity contribution in [2.45, 2.75) is 32.8 Å². The van der Waals surface area contributed by atoms with Crippen molar-refractivity contribution in [2.24, 2.45) is 0 Å². The standard InChI is InChI=1S/C21H23NO5/c1-3-26-18-11-9-17(10-12-18)22-21(25)15(2)27-20(24)14-13-19(23)16-7-5-4-6-8-16/h4-12,15H,3,13-14H2,1-2H3,(H,22,25)/t15-/m0/s1. The highest BCUT2D eigenvalue weighted by Gasteiger charge is 2.19. The first-order valence-corrected chi connectivity index (χ1v) is 8.81. The van der Waals surface area contributed by atoms with Gasteiger partial charge >= 0.3 is 5.97 Å². The van der Waals surface area contributed by atoms with Gasteiger partial charge in [-0.15, -0.1) is 0 Å². The molecule has 0 unspecified atom stereocenters. The highest BCUT2D eigenvalue weighted by atomic mass is 16.5. The first kappa shape index (κ1) is 20.2. The second-order valence-corrected chi connectivity index (χ2v) is 5.87. The van der Waals surface area contributed by atoms with Gasteiger partial charge in [0, 0.05) is 17.7 Å². The van der Waals surface area contributed by atoms with E-state index in [1.165, 1.54) is 6.92 Å². The Labute approximate surface area is 158 Å². The molecule has 0 heterocycles. The van der Waals surface area contributed by atoms with Gasteiger partial charge in [0.25, 0.3) is 5.91 Å². The maximum Gasteiger partial charge on any atom is 0.307 e. The van der Waals surface area contributed by atoms with Crippen molar-refractivity contribution in [2.75, 3.05) is 11.9 Å². The van der Waals surface area contributed by atoms with E-state index in [9.17, 15) is 14.4 Å². The molecule has 6 heteroatoms. The summed E-state index contributed by atoms with van der Waals surface area (Å²) in [7, 11) is 0. The Balaban J connectivity index is 1.77. The van der Waals surface area contributed by atoms with E-state index in [0.717, 1.165) is 0 Å². The van der Waals surface area contributed by atoms with E-state index in [4.69, 9.17) is 9.47 Å². The number of Topliss-reactive ketones (excluding diaryl/α,β-unsaturated/α-hetero) is 1. The molecule has 2 rings (SSSR count). The summed E-state index contributed by atoms with van der Waals surface area (Å²) in [4.78, 5) is 36.0. The first-order chi connectivity index (χ1) is 13.0. The Morgan fingerprint density at radius 1 is 0.963 bits per heavy atom. The topological polar surface area (TPSA) is 81.7 Å². The van der Waals surface area contributed by atoms with Gasteiger partial charge in [-0.1, -0.05) is 30.3 Å². The number of esters is 1. The number of benzene rings is 2. The molecule has 0 saturated carbocycles. The normalized spacial score (nSPS) is 11.3. The summed E-state index contributed by atoms with van der Waals surface area (Å²) in [5, 5.41) is 2.67. The lowest BCUT2D eigenvalue weighted by molar-refractivity contribution is -0.153. The van der Waals surface area contributed by atoms with Crippen LogP contribution in [-0.2, 0) is 14.3 Å². The highest BCUT2D eigenvalue weighted by molar-refractivity contribution is 5.98. The summed E-state index contributed by atoms with van der Waals surface area (Å²) < 4.78 is 10.4. The van der Waals surface area contributed by atoms with Crippen LogP contribution in [0.15, 0.2) is 54.6 Å². The zero-order chi connectivity index (χ0) is 19.6. The van der Waals surface area contributed by atoms with Gasteiger partial charge in [-0.3, -0.25) is 14.4 Å². The Morgan fingerprint density at radius 3 is 2.26 bits per heavy atom. The highest BCUT2D eigenvalue weighted by Crippen LogP contribution is 2.16. The third kappa shape index (κ3) is 6.58. The number of carbonyl (C=O) groups excluding carboxylic acids is 3. The molecule has 0 fully saturated rings. The minimum Gasteiger partial charge on any atom is -0.494 e. The summed E-state index contributed by atoms with van der Waals surface area (Å²) >= 11 is 0. The number of rotatable bonds is 9. The lowest BCUT2D eigenvalue weighted by Crippen LogP contribution is -2.30. The molecule has 0 radical (unpaired) electrons. The molecular weight excluding hydrogens is 346 g/mol. The molecule has 1 N–H and O–H groups in total. The minimum atomic E-state index is -0.962. The van der Waals surface area contributed by atoms with Gasteiger partial charge in [0.05, 0.1) is 13.0 Å². The van der Waals surface area contributed by atoms with Crippen molar-refractivity contribution in [3.8, 4) is 5.75 Å². The number of nitrogens with one attached hydrogen (secondary N) is 1. The fourth-order valence-corrected chi connectivity index (χ4v) is 2.34. The molecule has 142 valence electrons. The van der Waals surface area contributed by atoms with Crippen molar-refractivity contribution in [3.05, 3.63) is 60.2 Å². The van der Waals surface area contributed by atoms with Crippen molar-refractivity contribution in [1.82, 2.24) is 0 Å². The predicted molar refractivity (Wildman–Crippen MR) is 102 cm³/mol. The molecule has 27 heavy (non-hydrogen) atoms. The Bertz CT molecular complexity index is 771. The maximum atomic E-state index is 12.1. The number of amides is 1. The van der Waals surface area contributed by atoms with Gasteiger partial charge in [-0.2, -0.15) is 0 Å². The zero-order valence-electron chi connectivity index (χ0n) is 15.4. The molecule has 0 bridgehead atoms. The number of anilines is 1. The van der Waals surface area contributed by atoms with Crippen molar-refractivity contribution >= 4 is 23.3 Å². The first-order valence-electron chi connectivity index (χ1n) is 8.81. The van der Waals surface area contributed by atoms with Crippen molar-refractivity contribution in [1.29, 1.82) is 0 Å². The molecule has 0 aliphatic carbocycles. The average Bonchev–Trinajstić information content (AvgIpc) is 2.68. The van der Waals surface area contributed by atoms with E-state index in [0.29, 0.717) is 23.6 Å². The van der Waals surface area contributed by atoms with Gasteiger partial charge < -0.3 is 14.8 Å². The third-order valence-corrected chi connectivity index (χ3v) is 3.76. The predicted octanol–water partition coefficient (Wildman–Crippen LogP) is 3.62. The summed E-state index contributed by atoms with van der Waals surface area (Å²) in [6, 6.07) is 15.6. The molecule has 2 aromatic carbocycles. The molecule has 6 nitrogen and oxygen atoms in total. The fraction of sp³-hybridized carbons (Fsp3) is 0.286. The van der Waals surface area contributed by atoms with Crippen molar-refractivity contribution < 1.29 is 23.9 Å². The van der Waals surface area contributed by atoms with E-state index in [2.05, 4.69) is 5.32 Å². The molecule has 0 spiro atoms. The van der Waals surface area contributed by atoms with Crippen LogP contribution in [0.5, 0.6) is 5.75 Å². The number of hydrogen-bond acceptors (Lipinski definition) is 5. The van der Waals surface area contributed by atoms with E-state index < -0.39 is 18.0 Å². The van der Waals surface area contributed by atoms with Crippen LogP contribution in [0.25, 0.3) is 0 Å². The molecule has 0 saturated heterocycles. The van der Waals surface area contributed by atoms with Crippen LogP contribution in [0.4, 0.5) is 5.69 Å². The second-order valence-electron chi connectivity index (χ2n) is 5.87. The number of ketones is 1. The monoisotopic (exact) mass is 369 g/mol. The smallest absolute Gasteiger partial charge is 0.307 e. The SMILES string of the molecule is CCOc1ccc(NC(=O)[C@H](C)OC(=O)CCC(=O)c2ccccc2)cc1. The summed E-state index contributed by atoms with van der Waals surface area (Å²) in [6.07, 6.45) is -0.999. The Morgan fingerprint density at radius 2 is 1.63 bits per heavy atom. The van der Waals surface area contributed by atoms with Crippen LogP contribution >= 0.6 is 0 Å². The van der Waals surface area contributed by atoms with E-state index in [-0.39, 0.29) is 18.6 Å². The molecule has 1 atom stereocenters. The van der Waals surface area contributed by atoms with Gasteiger partial charge in [0.15, 0.2) is 11.9 Å². The molecule has 1 amide bonds. The van der Waals surface area contributed by atoms with Crippen LogP contribution in [0.1, 0.15) is 37.0 Å². The maximum absolute atomic E-state index is 12.1. The van der Waals surface area contributed by atoms with E-state index in [1.54, 1.807) is 48.5 Å². The molecule has 0 aliphatic heterocycles. The lowest BCUT2D eigenvalue weighted by Gasteiger charge is -2.14. The Kier molecular flexibility index (Phi) is 7.55. The number of carbonyl (C=O) groups is 3. The Hall–Kier alpha value is -3.15. The fourth-order valence-electron chi connectivity index (χ4n) is 2.34. The zero-order valence-corrected chi connectivity index (χ0v) is 15.4. The number of ether oxygens (including phenoxy) is 2. The minimum absolute atomic E-state index is 0.0378. The average molecular weight is 369 g/mol.